The molecule has 0 aromatic carbocycles. The molecule has 1 saturated heterocycles. The van der Waals surface area contributed by atoms with Gasteiger partial charge in [-0.15, -0.1) is 0 Å². The van der Waals surface area contributed by atoms with Crippen LogP contribution >= 0.6 is 0 Å². The molecule has 2 rings (SSSR count). The highest BCUT2D eigenvalue weighted by molar-refractivity contribution is 5.97. The monoisotopic (exact) mass is 305 g/mol. The van der Waals surface area contributed by atoms with Gasteiger partial charge in [-0.3, -0.25) is 14.4 Å². The number of anilines is 1. The first kappa shape index (κ1) is 16.3. The highest BCUT2D eigenvalue weighted by Crippen LogP contribution is 2.20. The zero-order valence-corrected chi connectivity index (χ0v) is 13.2. The number of piperidine rings is 1. The molecule has 0 saturated carbocycles. The van der Waals surface area contributed by atoms with Crippen LogP contribution in [0.4, 0.5) is 5.69 Å². The highest BCUT2D eigenvalue weighted by Gasteiger charge is 2.31. The van der Waals surface area contributed by atoms with E-state index in [9.17, 15) is 14.4 Å². The minimum absolute atomic E-state index is 0.0443. The van der Waals surface area contributed by atoms with Crippen LogP contribution in [-0.4, -0.2) is 33.9 Å². The van der Waals surface area contributed by atoms with E-state index in [4.69, 9.17) is 0 Å². The number of nitrogens with one attached hydrogen (secondary N) is 1. The van der Waals surface area contributed by atoms with Gasteiger partial charge < -0.3 is 14.8 Å². The van der Waals surface area contributed by atoms with E-state index in [1.165, 1.54) is 10.6 Å². The Bertz CT molecular complexity index is 609. The molecule has 1 N–H and O–H groups in total. The van der Waals surface area contributed by atoms with E-state index in [0.717, 1.165) is 19.3 Å². The van der Waals surface area contributed by atoms with Crippen LogP contribution < -0.4 is 10.9 Å². The average molecular weight is 305 g/mol. The van der Waals surface area contributed by atoms with Gasteiger partial charge in [-0.05, 0) is 31.7 Å². The second-order valence-electron chi connectivity index (χ2n) is 5.70. The van der Waals surface area contributed by atoms with Crippen molar-refractivity contribution in [3.63, 3.8) is 0 Å². The van der Waals surface area contributed by atoms with Crippen molar-refractivity contribution >= 4 is 17.5 Å². The SMILES string of the molecule is CCCC(=O)N1CCCCC1C(=O)Nc1ccc(=O)n(C)c1. The van der Waals surface area contributed by atoms with Crippen LogP contribution in [-0.2, 0) is 16.6 Å². The number of pyridine rings is 1. The van der Waals surface area contributed by atoms with Gasteiger partial charge in [0, 0.05) is 32.3 Å². The number of carbonyl (C=O) groups excluding carboxylic acids is 2. The molecule has 1 unspecified atom stereocenters. The predicted octanol–water partition coefficient (Wildman–Crippen LogP) is 1.50. The Kier molecular flexibility index (Phi) is 5.35. The Labute approximate surface area is 130 Å². The summed E-state index contributed by atoms with van der Waals surface area (Å²) in [5.74, 6) is -0.134. The summed E-state index contributed by atoms with van der Waals surface area (Å²) >= 11 is 0. The van der Waals surface area contributed by atoms with E-state index >= 15 is 0 Å². The fraction of sp³-hybridized carbons (Fsp3) is 0.562. The maximum Gasteiger partial charge on any atom is 0.250 e. The third-order valence-electron chi connectivity index (χ3n) is 3.94. The largest absolute Gasteiger partial charge is 0.331 e. The summed E-state index contributed by atoms with van der Waals surface area (Å²) in [6.07, 6.45) is 5.42. The molecule has 1 aliphatic heterocycles. The maximum absolute atomic E-state index is 12.5. The van der Waals surface area contributed by atoms with E-state index in [0.29, 0.717) is 25.1 Å². The number of amides is 2. The number of rotatable bonds is 4. The second-order valence-corrected chi connectivity index (χ2v) is 5.70. The molecule has 6 heteroatoms. The molecule has 1 aromatic heterocycles. The lowest BCUT2D eigenvalue weighted by atomic mass is 10.0. The Morgan fingerprint density at radius 3 is 2.77 bits per heavy atom. The molecule has 0 radical (unpaired) electrons. The summed E-state index contributed by atoms with van der Waals surface area (Å²) in [4.78, 5) is 37.7. The first-order chi connectivity index (χ1) is 10.5. The Morgan fingerprint density at radius 2 is 2.09 bits per heavy atom. The van der Waals surface area contributed by atoms with Crippen molar-refractivity contribution in [1.29, 1.82) is 0 Å². The lowest BCUT2D eigenvalue weighted by molar-refractivity contribution is -0.140. The lowest BCUT2D eigenvalue weighted by Crippen LogP contribution is -2.50. The minimum Gasteiger partial charge on any atom is -0.331 e. The predicted molar refractivity (Wildman–Crippen MR) is 84.6 cm³/mol. The van der Waals surface area contributed by atoms with E-state index in [1.54, 1.807) is 24.2 Å². The van der Waals surface area contributed by atoms with Crippen LogP contribution in [0.25, 0.3) is 0 Å². The summed E-state index contributed by atoms with van der Waals surface area (Å²) < 4.78 is 1.41. The van der Waals surface area contributed by atoms with Crippen molar-refractivity contribution in [2.75, 3.05) is 11.9 Å². The second kappa shape index (κ2) is 7.24. The molecule has 0 bridgehead atoms. The van der Waals surface area contributed by atoms with Crippen LogP contribution in [0.2, 0.25) is 0 Å². The number of aryl methyl sites for hydroxylation is 1. The van der Waals surface area contributed by atoms with Crippen molar-refractivity contribution in [3.8, 4) is 0 Å². The first-order valence-corrected chi connectivity index (χ1v) is 7.80. The smallest absolute Gasteiger partial charge is 0.250 e. The maximum atomic E-state index is 12.5. The zero-order valence-electron chi connectivity index (χ0n) is 13.2. The molecule has 1 fully saturated rings. The van der Waals surface area contributed by atoms with Crippen molar-refractivity contribution in [1.82, 2.24) is 9.47 Å². The van der Waals surface area contributed by atoms with E-state index < -0.39 is 6.04 Å². The van der Waals surface area contributed by atoms with Crippen LogP contribution in [0.1, 0.15) is 39.0 Å². The molecule has 120 valence electrons. The van der Waals surface area contributed by atoms with Crippen LogP contribution in [0.3, 0.4) is 0 Å². The highest BCUT2D eigenvalue weighted by atomic mass is 16.2. The van der Waals surface area contributed by atoms with E-state index in [1.807, 2.05) is 6.92 Å². The normalized spacial score (nSPS) is 18.1. The molecule has 2 heterocycles. The van der Waals surface area contributed by atoms with Gasteiger partial charge in [-0.2, -0.15) is 0 Å². The minimum atomic E-state index is -0.412. The average Bonchev–Trinajstić information content (AvgIpc) is 2.51. The van der Waals surface area contributed by atoms with Gasteiger partial charge in [0.1, 0.15) is 6.04 Å². The molecule has 0 spiro atoms. The van der Waals surface area contributed by atoms with E-state index in [2.05, 4.69) is 5.32 Å². The quantitative estimate of drug-likeness (QED) is 0.916. The van der Waals surface area contributed by atoms with Crippen molar-refractivity contribution in [2.24, 2.45) is 7.05 Å². The Hall–Kier alpha value is -2.11. The first-order valence-electron chi connectivity index (χ1n) is 7.80. The number of hydrogen-bond acceptors (Lipinski definition) is 3. The molecule has 0 aliphatic carbocycles. The topological polar surface area (TPSA) is 71.4 Å². The standard InChI is InChI=1S/C16H23N3O3/c1-3-6-15(21)19-10-5-4-7-13(19)16(22)17-12-8-9-14(20)18(2)11-12/h8-9,11,13H,3-7,10H2,1-2H3,(H,17,22). The van der Waals surface area contributed by atoms with Gasteiger partial charge in [0.25, 0.3) is 0 Å². The summed E-state index contributed by atoms with van der Waals surface area (Å²) in [6.45, 7) is 2.60. The number of likely N-dealkylation sites (tertiary alicyclic amines) is 1. The molecule has 2 amide bonds. The van der Waals surface area contributed by atoms with Gasteiger partial charge in [-0.25, -0.2) is 0 Å². The summed E-state index contributed by atoms with van der Waals surface area (Å²) in [5.41, 5.74) is 0.441. The number of aromatic nitrogens is 1. The van der Waals surface area contributed by atoms with Gasteiger partial charge in [0.2, 0.25) is 17.4 Å². The van der Waals surface area contributed by atoms with Gasteiger partial charge >= 0.3 is 0 Å². The number of carbonyl (C=O) groups is 2. The molecular weight excluding hydrogens is 282 g/mol. The summed E-state index contributed by atoms with van der Waals surface area (Å²) in [7, 11) is 1.63. The third-order valence-corrected chi connectivity index (χ3v) is 3.94. The summed E-state index contributed by atoms with van der Waals surface area (Å²) in [5, 5.41) is 2.81. The fourth-order valence-electron chi connectivity index (χ4n) is 2.75. The number of hydrogen-bond donors (Lipinski definition) is 1. The van der Waals surface area contributed by atoms with E-state index in [-0.39, 0.29) is 17.4 Å². The summed E-state index contributed by atoms with van der Waals surface area (Å²) in [6, 6.07) is 2.59. The van der Waals surface area contributed by atoms with Crippen molar-refractivity contribution in [3.05, 3.63) is 28.7 Å². The van der Waals surface area contributed by atoms with Gasteiger partial charge in [0.05, 0.1) is 5.69 Å². The molecular formula is C16H23N3O3. The number of nitrogens with zero attached hydrogens (tertiary/aromatic N) is 2. The van der Waals surface area contributed by atoms with Crippen LogP contribution in [0.15, 0.2) is 23.1 Å². The fourth-order valence-corrected chi connectivity index (χ4v) is 2.75. The van der Waals surface area contributed by atoms with Crippen LogP contribution in [0.5, 0.6) is 0 Å². The zero-order chi connectivity index (χ0) is 16.1. The molecule has 1 aliphatic rings. The van der Waals surface area contributed by atoms with Gasteiger partial charge in [0.15, 0.2) is 0 Å². The van der Waals surface area contributed by atoms with Gasteiger partial charge in [-0.1, -0.05) is 6.92 Å². The Morgan fingerprint density at radius 1 is 1.32 bits per heavy atom. The molecule has 6 nitrogen and oxygen atoms in total. The molecule has 22 heavy (non-hydrogen) atoms. The van der Waals surface area contributed by atoms with Crippen molar-refractivity contribution < 1.29 is 9.59 Å². The molecule has 1 aromatic rings. The third kappa shape index (κ3) is 3.75. The van der Waals surface area contributed by atoms with Crippen LogP contribution in [0, 0.1) is 0 Å². The van der Waals surface area contributed by atoms with Crippen molar-refractivity contribution in [2.45, 2.75) is 45.1 Å². The lowest BCUT2D eigenvalue weighted by Gasteiger charge is -2.34. The molecule has 1 atom stereocenters. The Balaban J connectivity index is 2.09.